The molecule has 0 bridgehead atoms. The number of fused-ring (bicyclic) bond motifs is 1. The second-order valence-electron chi connectivity index (χ2n) is 4.88. The molecule has 2 aromatic rings. The fraction of sp³-hybridized carbons (Fsp3) is 0.438. The molecule has 0 unspecified atom stereocenters. The minimum Gasteiger partial charge on any atom is -0.396 e. The van der Waals surface area contributed by atoms with Gasteiger partial charge in [0.2, 0.25) is 0 Å². The van der Waals surface area contributed by atoms with Crippen LogP contribution in [0.15, 0.2) is 30.3 Å². The molecule has 2 N–H and O–H groups in total. The van der Waals surface area contributed by atoms with Gasteiger partial charge in [0.25, 0.3) is 0 Å². The Labute approximate surface area is 120 Å². The Morgan fingerprint density at radius 1 is 1.30 bits per heavy atom. The molecular formula is C16H23N3O. The summed E-state index contributed by atoms with van der Waals surface area (Å²) in [5.74, 6) is 0.936. The first-order valence-electron chi connectivity index (χ1n) is 7.18. The molecule has 0 aliphatic carbocycles. The highest BCUT2D eigenvalue weighted by molar-refractivity contribution is 5.81. The van der Waals surface area contributed by atoms with Crippen molar-refractivity contribution in [2.75, 3.05) is 32.1 Å². The van der Waals surface area contributed by atoms with Gasteiger partial charge in [0.05, 0.1) is 5.52 Å². The maximum absolute atomic E-state index is 8.97. The van der Waals surface area contributed by atoms with Crippen LogP contribution in [0.2, 0.25) is 0 Å². The summed E-state index contributed by atoms with van der Waals surface area (Å²) in [6, 6.07) is 10.4. The molecule has 0 amide bonds. The van der Waals surface area contributed by atoms with Gasteiger partial charge in [-0.1, -0.05) is 25.1 Å². The van der Waals surface area contributed by atoms with Gasteiger partial charge in [-0.3, -0.25) is 4.90 Å². The Morgan fingerprint density at radius 3 is 2.80 bits per heavy atom. The molecule has 1 aromatic heterocycles. The smallest absolute Gasteiger partial charge is 0.130 e. The molecule has 0 spiro atoms. The lowest BCUT2D eigenvalue weighted by atomic mass is 10.1. The van der Waals surface area contributed by atoms with Crippen LogP contribution in [0.4, 0.5) is 5.82 Å². The second kappa shape index (κ2) is 7.22. The molecule has 0 saturated carbocycles. The molecule has 0 atom stereocenters. The van der Waals surface area contributed by atoms with Crippen molar-refractivity contribution in [3.05, 3.63) is 35.9 Å². The zero-order valence-electron chi connectivity index (χ0n) is 12.3. The van der Waals surface area contributed by atoms with Crippen LogP contribution in [0.5, 0.6) is 0 Å². The number of hydrogen-bond acceptors (Lipinski definition) is 4. The van der Waals surface area contributed by atoms with Gasteiger partial charge < -0.3 is 10.4 Å². The molecule has 108 valence electrons. The topological polar surface area (TPSA) is 48.4 Å². The second-order valence-corrected chi connectivity index (χ2v) is 4.88. The maximum atomic E-state index is 8.97. The number of benzene rings is 1. The lowest BCUT2D eigenvalue weighted by molar-refractivity contribution is 0.225. The van der Waals surface area contributed by atoms with Gasteiger partial charge in [0, 0.05) is 37.7 Å². The minimum atomic E-state index is 0.241. The van der Waals surface area contributed by atoms with E-state index in [-0.39, 0.29) is 6.61 Å². The third-order valence-corrected chi connectivity index (χ3v) is 3.51. The molecule has 0 saturated heterocycles. The van der Waals surface area contributed by atoms with Gasteiger partial charge in [-0.05, 0) is 25.1 Å². The van der Waals surface area contributed by atoms with Crippen molar-refractivity contribution < 1.29 is 5.11 Å². The Hall–Kier alpha value is -1.65. The number of aliphatic hydroxyl groups excluding tert-OH is 1. The molecule has 1 aromatic carbocycles. The Kier molecular flexibility index (Phi) is 5.32. The van der Waals surface area contributed by atoms with Crippen LogP contribution in [0.3, 0.4) is 0 Å². The first-order chi connectivity index (χ1) is 9.78. The van der Waals surface area contributed by atoms with Gasteiger partial charge >= 0.3 is 0 Å². The van der Waals surface area contributed by atoms with Gasteiger partial charge in [0.15, 0.2) is 0 Å². The molecule has 0 aliphatic rings. The van der Waals surface area contributed by atoms with Crippen LogP contribution in [0.25, 0.3) is 10.9 Å². The van der Waals surface area contributed by atoms with Crippen LogP contribution in [0, 0.1) is 0 Å². The minimum absolute atomic E-state index is 0.241. The SMILES string of the molecule is CCN(CCCO)Cc1cc2ccccc2nc1NC. The molecule has 0 aliphatic heterocycles. The average Bonchev–Trinajstić information content (AvgIpc) is 2.50. The number of aromatic nitrogens is 1. The van der Waals surface area contributed by atoms with Crippen molar-refractivity contribution in [3.63, 3.8) is 0 Å². The number of nitrogens with one attached hydrogen (secondary N) is 1. The molecule has 20 heavy (non-hydrogen) atoms. The Balaban J connectivity index is 2.27. The zero-order valence-corrected chi connectivity index (χ0v) is 12.3. The first kappa shape index (κ1) is 14.8. The molecule has 2 rings (SSSR count). The van der Waals surface area contributed by atoms with Crippen LogP contribution < -0.4 is 5.32 Å². The lowest BCUT2D eigenvalue weighted by Gasteiger charge is -2.21. The summed E-state index contributed by atoms with van der Waals surface area (Å²) in [4.78, 5) is 7.00. The summed E-state index contributed by atoms with van der Waals surface area (Å²) in [6.07, 6.45) is 0.809. The van der Waals surface area contributed by atoms with Crippen LogP contribution >= 0.6 is 0 Å². The van der Waals surface area contributed by atoms with Crippen molar-refractivity contribution in [2.24, 2.45) is 0 Å². The largest absolute Gasteiger partial charge is 0.396 e. The fourth-order valence-electron chi connectivity index (χ4n) is 2.38. The number of anilines is 1. The van der Waals surface area contributed by atoms with Crippen LogP contribution in [0.1, 0.15) is 18.9 Å². The third kappa shape index (κ3) is 3.46. The Morgan fingerprint density at radius 2 is 2.10 bits per heavy atom. The number of para-hydroxylation sites is 1. The van der Waals surface area contributed by atoms with E-state index in [4.69, 9.17) is 5.11 Å². The predicted octanol–water partition coefficient (Wildman–Crippen LogP) is 2.48. The van der Waals surface area contributed by atoms with Crippen molar-refractivity contribution in [1.29, 1.82) is 0 Å². The van der Waals surface area contributed by atoms with Gasteiger partial charge in [-0.15, -0.1) is 0 Å². The summed E-state index contributed by atoms with van der Waals surface area (Å²) in [7, 11) is 1.91. The summed E-state index contributed by atoms with van der Waals surface area (Å²) < 4.78 is 0. The summed E-state index contributed by atoms with van der Waals surface area (Å²) in [6.45, 7) is 5.11. The van der Waals surface area contributed by atoms with E-state index in [1.807, 2.05) is 25.2 Å². The lowest BCUT2D eigenvalue weighted by Crippen LogP contribution is -2.25. The number of hydrogen-bond donors (Lipinski definition) is 2. The summed E-state index contributed by atoms with van der Waals surface area (Å²) >= 11 is 0. The maximum Gasteiger partial charge on any atom is 0.130 e. The van der Waals surface area contributed by atoms with E-state index in [0.717, 1.165) is 37.4 Å². The number of nitrogens with zero attached hydrogens (tertiary/aromatic N) is 2. The van der Waals surface area contributed by atoms with E-state index in [0.29, 0.717) is 0 Å². The number of pyridine rings is 1. The first-order valence-corrected chi connectivity index (χ1v) is 7.18. The van der Waals surface area contributed by atoms with Crippen molar-refractivity contribution in [3.8, 4) is 0 Å². The van der Waals surface area contributed by atoms with Crippen molar-refractivity contribution in [2.45, 2.75) is 19.9 Å². The highest BCUT2D eigenvalue weighted by atomic mass is 16.3. The van der Waals surface area contributed by atoms with E-state index in [2.05, 4.69) is 34.3 Å². The molecule has 4 heteroatoms. The van der Waals surface area contributed by atoms with E-state index in [9.17, 15) is 0 Å². The molecule has 0 radical (unpaired) electrons. The van der Waals surface area contributed by atoms with Crippen molar-refractivity contribution in [1.82, 2.24) is 9.88 Å². The zero-order chi connectivity index (χ0) is 14.4. The highest BCUT2D eigenvalue weighted by Gasteiger charge is 2.09. The van der Waals surface area contributed by atoms with Crippen LogP contribution in [-0.4, -0.2) is 41.7 Å². The summed E-state index contributed by atoms with van der Waals surface area (Å²) in [5.41, 5.74) is 2.21. The van der Waals surface area contributed by atoms with Gasteiger partial charge in [-0.25, -0.2) is 4.98 Å². The third-order valence-electron chi connectivity index (χ3n) is 3.51. The Bertz CT molecular complexity index is 556. The normalized spacial score (nSPS) is 11.2. The monoisotopic (exact) mass is 273 g/mol. The van der Waals surface area contributed by atoms with E-state index < -0.39 is 0 Å². The highest BCUT2D eigenvalue weighted by Crippen LogP contribution is 2.21. The van der Waals surface area contributed by atoms with E-state index in [1.165, 1.54) is 10.9 Å². The van der Waals surface area contributed by atoms with E-state index in [1.54, 1.807) is 0 Å². The molecule has 0 fully saturated rings. The number of rotatable bonds is 7. The molecule has 1 heterocycles. The standard InChI is InChI=1S/C16H23N3O/c1-3-19(9-6-10-20)12-14-11-13-7-4-5-8-15(13)18-16(14)17-2/h4-5,7-8,11,20H,3,6,9-10,12H2,1-2H3,(H,17,18). The average molecular weight is 273 g/mol. The molecule has 4 nitrogen and oxygen atoms in total. The quantitative estimate of drug-likeness (QED) is 0.813. The van der Waals surface area contributed by atoms with Crippen molar-refractivity contribution >= 4 is 16.7 Å². The van der Waals surface area contributed by atoms with Crippen LogP contribution in [-0.2, 0) is 6.54 Å². The van der Waals surface area contributed by atoms with Gasteiger partial charge in [0.1, 0.15) is 5.82 Å². The fourth-order valence-corrected chi connectivity index (χ4v) is 2.38. The predicted molar refractivity (Wildman–Crippen MR) is 83.9 cm³/mol. The van der Waals surface area contributed by atoms with Gasteiger partial charge in [-0.2, -0.15) is 0 Å². The molecular weight excluding hydrogens is 250 g/mol. The number of aliphatic hydroxyl groups is 1. The summed E-state index contributed by atoms with van der Waals surface area (Å²) in [5, 5.41) is 13.3. The van der Waals surface area contributed by atoms with E-state index >= 15 is 0 Å².